The molecule has 0 unspecified atom stereocenters. The average Bonchev–Trinajstić information content (AvgIpc) is 3.27. The van der Waals surface area contributed by atoms with Crippen molar-refractivity contribution in [2.75, 3.05) is 19.7 Å². The monoisotopic (exact) mass is 276 g/mol. The van der Waals surface area contributed by atoms with Crippen molar-refractivity contribution in [3.05, 3.63) is 35.1 Å². The quantitative estimate of drug-likeness (QED) is 0.797. The predicted molar refractivity (Wildman–Crippen MR) is 73.5 cm³/mol. The second-order valence-corrected chi connectivity index (χ2v) is 4.65. The third-order valence-corrected chi connectivity index (χ3v) is 3.13. The number of carbonyl (C=O) groups excluding carboxylic acids is 1. The highest BCUT2D eigenvalue weighted by Crippen LogP contribution is 2.28. The van der Waals surface area contributed by atoms with Gasteiger partial charge in [0.1, 0.15) is 5.82 Å². The average molecular weight is 276 g/mol. The summed E-state index contributed by atoms with van der Waals surface area (Å²) in [4.78, 5) is 14.1. The van der Waals surface area contributed by atoms with Gasteiger partial charge < -0.3 is 15.7 Å². The first kappa shape index (κ1) is 14.5. The lowest BCUT2D eigenvalue weighted by molar-refractivity contribution is 0.0707. The molecule has 1 aliphatic carbocycles. The summed E-state index contributed by atoms with van der Waals surface area (Å²) in [7, 11) is 0. The van der Waals surface area contributed by atoms with Gasteiger partial charge in [-0.2, -0.15) is 0 Å². The number of halogens is 1. The molecule has 0 radical (unpaired) electrons. The van der Waals surface area contributed by atoms with E-state index in [1.54, 1.807) is 4.90 Å². The van der Waals surface area contributed by atoms with Gasteiger partial charge in [-0.05, 0) is 31.0 Å². The van der Waals surface area contributed by atoms with Crippen molar-refractivity contribution in [2.24, 2.45) is 5.73 Å². The molecule has 0 spiro atoms. The molecule has 3 N–H and O–H groups in total. The van der Waals surface area contributed by atoms with Crippen LogP contribution in [0.15, 0.2) is 18.2 Å². The molecule has 0 heterocycles. The number of nitrogens with two attached hydrogens (primary N) is 1. The highest BCUT2D eigenvalue weighted by atomic mass is 19.1. The van der Waals surface area contributed by atoms with Crippen LogP contribution < -0.4 is 5.73 Å². The summed E-state index contributed by atoms with van der Waals surface area (Å²) in [6.45, 7) is 0.319. The minimum Gasteiger partial charge on any atom is -0.395 e. The Morgan fingerprint density at radius 1 is 1.50 bits per heavy atom. The van der Waals surface area contributed by atoms with Crippen molar-refractivity contribution in [3.63, 3.8) is 0 Å². The largest absolute Gasteiger partial charge is 0.395 e. The van der Waals surface area contributed by atoms with E-state index in [2.05, 4.69) is 11.8 Å². The molecule has 106 valence electrons. The van der Waals surface area contributed by atoms with Gasteiger partial charge in [0.25, 0.3) is 5.91 Å². The Labute approximate surface area is 117 Å². The van der Waals surface area contributed by atoms with Crippen molar-refractivity contribution in [1.29, 1.82) is 0 Å². The van der Waals surface area contributed by atoms with E-state index < -0.39 is 5.82 Å². The van der Waals surface area contributed by atoms with Crippen LogP contribution in [0, 0.1) is 17.7 Å². The van der Waals surface area contributed by atoms with E-state index in [0.717, 1.165) is 12.8 Å². The first-order valence-electron chi connectivity index (χ1n) is 6.57. The predicted octanol–water partition coefficient (Wildman–Crippen LogP) is 0.733. The van der Waals surface area contributed by atoms with Crippen LogP contribution in [0.2, 0.25) is 0 Å². The standard InChI is InChI=1S/C15H17FN2O2/c16-12-4-3-11(2-1-7-17)14(10-12)15(20)18(8-9-19)13-5-6-13/h3-4,10,13,19H,5-9,17H2. The fourth-order valence-electron chi connectivity index (χ4n) is 2.05. The van der Waals surface area contributed by atoms with Gasteiger partial charge in [0.2, 0.25) is 0 Å². The highest BCUT2D eigenvalue weighted by Gasteiger charge is 2.33. The second kappa shape index (κ2) is 6.51. The van der Waals surface area contributed by atoms with Crippen LogP contribution in [0.5, 0.6) is 0 Å². The number of benzene rings is 1. The smallest absolute Gasteiger partial charge is 0.255 e. The van der Waals surface area contributed by atoms with E-state index in [1.807, 2.05) is 0 Å². The molecule has 20 heavy (non-hydrogen) atoms. The molecule has 0 aromatic heterocycles. The lowest BCUT2D eigenvalue weighted by Crippen LogP contribution is -2.36. The lowest BCUT2D eigenvalue weighted by atomic mass is 10.1. The van der Waals surface area contributed by atoms with Gasteiger partial charge in [0.05, 0.1) is 18.7 Å². The number of hydrogen-bond acceptors (Lipinski definition) is 3. The summed E-state index contributed by atoms with van der Waals surface area (Å²) < 4.78 is 13.4. The summed E-state index contributed by atoms with van der Waals surface area (Å²) in [5, 5.41) is 9.06. The molecule has 0 saturated heterocycles. The molecule has 1 amide bonds. The molecule has 1 fully saturated rings. The number of amides is 1. The van der Waals surface area contributed by atoms with Gasteiger partial charge in [-0.15, -0.1) is 0 Å². The van der Waals surface area contributed by atoms with Crippen molar-refractivity contribution in [2.45, 2.75) is 18.9 Å². The number of nitrogens with zero attached hydrogens (tertiary/aromatic N) is 1. The Morgan fingerprint density at radius 3 is 2.85 bits per heavy atom. The van der Waals surface area contributed by atoms with E-state index in [1.165, 1.54) is 18.2 Å². The second-order valence-electron chi connectivity index (χ2n) is 4.65. The molecule has 5 heteroatoms. The molecule has 1 aromatic rings. The topological polar surface area (TPSA) is 66.6 Å². The van der Waals surface area contributed by atoms with Crippen LogP contribution in [0.3, 0.4) is 0 Å². The molecule has 4 nitrogen and oxygen atoms in total. The van der Waals surface area contributed by atoms with Crippen molar-refractivity contribution < 1.29 is 14.3 Å². The Kier molecular flexibility index (Phi) is 4.72. The minimum absolute atomic E-state index is 0.110. The third kappa shape index (κ3) is 3.35. The maximum absolute atomic E-state index is 13.4. The molecule has 1 saturated carbocycles. The molecule has 0 aliphatic heterocycles. The molecule has 1 aliphatic rings. The van der Waals surface area contributed by atoms with Crippen LogP contribution in [0.1, 0.15) is 28.8 Å². The van der Waals surface area contributed by atoms with Crippen LogP contribution in [0.25, 0.3) is 0 Å². The first-order chi connectivity index (χ1) is 9.67. The molecular formula is C15H17FN2O2. The van der Waals surface area contributed by atoms with Gasteiger partial charge >= 0.3 is 0 Å². The van der Waals surface area contributed by atoms with Crippen LogP contribution >= 0.6 is 0 Å². The van der Waals surface area contributed by atoms with E-state index in [0.29, 0.717) is 5.56 Å². The Bertz CT molecular complexity index is 559. The van der Waals surface area contributed by atoms with E-state index >= 15 is 0 Å². The molecule has 0 atom stereocenters. The fourth-order valence-corrected chi connectivity index (χ4v) is 2.05. The summed E-state index contributed by atoms with van der Waals surface area (Å²) in [6, 6.07) is 4.09. The van der Waals surface area contributed by atoms with Crippen molar-refractivity contribution >= 4 is 5.91 Å². The first-order valence-corrected chi connectivity index (χ1v) is 6.57. The molecule has 0 bridgehead atoms. The number of carbonyl (C=O) groups is 1. The maximum Gasteiger partial charge on any atom is 0.255 e. The van der Waals surface area contributed by atoms with E-state index in [-0.39, 0.29) is 37.2 Å². The number of aliphatic hydroxyl groups is 1. The van der Waals surface area contributed by atoms with Crippen molar-refractivity contribution in [1.82, 2.24) is 4.90 Å². The lowest BCUT2D eigenvalue weighted by Gasteiger charge is -2.22. The molecule has 1 aromatic carbocycles. The minimum atomic E-state index is -0.480. The Morgan fingerprint density at radius 2 is 2.25 bits per heavy atom. The zero-order valence-electron chi connectivity index (χ0n) is 11.1. The number of aliphatic hydroxyl groups excluding tert-OH is 1. The van der Waals surface area contributed by atoms with Gasteiger partial charge in [0, 0.05) is 18.2 Å². The van der Waals surface area contributed by atoms with Crippen LogP contribution in [-0.2, 0) is 0 Å². The van der Waals surface area contributed by atoms with Gasteiger partial charge in [-0.1, -0.05) is 11.8 Å². The highest BCUT2D eigenvalue weighted by molar-refractivity contribution is 5.97. The SMILES string of the molecule is NCC#Cc1ccc(F)cc1C(=O)N(CCO)C1CC1. The third-order valence-electron chi connectivity index (χ3n) is 3.13. The van der Waals surface area contributed by atoms with Crippen LogP contribution in [-0.4, -0.2) is 41.7 Å². The molecular weight excluding hydrogens is 259 g/mol. The van der Waals surface area contributed by atoms with Gasteiger partial charge in [0.15, 0.2) is 0 Å². The Hall–Kier alpha value is -1.90. The zero-order valence-corrected chi connectivity index (χ0v) is 11.1. The van der Waals surface area contributed by atoms with Crippen molar-refractivity contribution in [3.8, 4) is 11.8 Å². The van der Waals surface area contributed by atoms with E-state index in [9.17, 15) is 9.18 Å². The number of rotatable bonds is 4. The summed E-state index contributed by atoms with van der Waals surface area (Å²) in [5.41, 5.74) is 6.01. The number of hydrogen-bond donors (Lipinski definition) is 2. The van der Waals surface area contributed by atoms with Crippen LogP contribution in [0.4, 0.5) is 4.39 Å². The van der Waals surface area contributed by atoms with Gasteiger partial charge in [-0.25, -0.2) is 4.39 Å². The normalized spacial score (nSPS) is 13.6. The summed E-state index contributed by atoms with van der Waals surface area (Å²) in [5.74, 6) is 4.69. The molecule has 2 rings (SSSR count). The summed E-state index contributed by atoms with van der Waals surface area (Å²) in [6.07, 6.45) is 1.84. The Balaban J connectivity index is 2.33. The van der Waals surface area contributed by atoms with Gasteiger partial charge in [-0.3, -0.25) is 4.79 Å². The fraction of sp³-hybridized carbons (Fsp3) is 0.400. The maximum atomic E-state index is 13.4. The summed E-state index contributed by atoms with van der Waals surface area (Å²) >= 11 is 0. The zero-order chi connectivity index (χ0) is 14.5. The van der Waals surface area contributed by atoms with E-state index in [4.69, 9.17) is 10.8 Å².